The first kappa shape index (κ1) is 34.9. The van der Waals surface area contributed by atoms with Crippen molar-refractivity contribution in [1.29, 1.82) is 0 Å². The van der Waals surface area contributed by atoms with E-state index in [0.717, 1.165) is 5.56 Å². The number of carbonyl (C=O) groups is 4. The number of ether oxygens (including phenoxy) is 2. The monoisotopic (exact) mass is 601 g/mol. The number of aryl methyl sites for hydroxylation is 1. The zero-order valence-electron chi connectivity index (χ0n) is 26.4. The Morgan fingerprint density at radius 2 is 1.67 bits per heavy atom. The third-order valence-corrected chi connectivity index (χ3v) is 8.28. The van der Waals surface area contributed by atoms with Crippen molar-refractivity contribution in [3.63, 3.8) is 0 Å². The Bertz CT molecular complexity index is 1200. The molecule has 2 rings (SSSR count). The number of amides is 2. The fraction of sp³-hybridized carbons (Fsp3) is 0.594. The fourth-order valence-corrected chi connectivity index (χ4v) is 5.97. The predicted octanol–water partition coefficient (Wildman–Crippen LogP) is 5.52. The molecule has 4 atom stereocenters. The van der Waals surface area contributed by atoms with Crippen LogP contribution in [-0.4, -0.2) is 59.9 Å². The summed E-state index contributed by atoms with van der Waals surface area (Å²) in [4.78, 5) is 57.7. The first-order valence-electron chi connectivity index (χ1n) is 14.6. The molecule has 0 bridgehead atoms. The van der Waals surface area contributed by atoms with Crippen LogP contribution in [0.5, 0.6) is 0 Å². The number of thiazole rings is 1. The van der Waals surface area contributed by atoms with E-state index in [1.165, 1.54) is 25.4 Å². The third kappa shape index (κ3) is 10.5. The molecule has 2 amide bonds. The zero-order chi connectivity index (χ0) is 31.6. The molecule has 232 valence electrons. The van der Waals surface area contributed by atoms with Gasteiger partial charge in [-0.05, 0) is 37.2 Å². The first-order valence-corrected chi connectivity index (χ1v) is 15.4. The van der Waals surface area contributed by atoms with Crippen molar-refractivity contribution in [1.82, 2.24) is 15.2 Å². The lowest BCUT2D eigenvalue weighted by atomic mass is 9.95. The van der Waals surface area contributed by atoms with Crippen LogP contribution >= 0.6 is 11.3 Å². The van der Waals surface area contributed by atoms with E-state index in [0.29, 0.717) is 35.6 Å². The summed E-state index contributed by atoms with van der Waals surface area (Å²) in [7, 11) is 3.14. The van der Waals surface area contributed by atoms with Crippen molar-refractivity contribution in [2.75, 3.05) is 14.2 Å². The highest BCUT2D eigenvalue weighted by Crippen LogP contribution is 2.32. The number of carbonyl (C=O) groups excluding carboxylic acids is 4. The number of aromatic nitrogens is 1. The highest BCUT2D eigenvalue weighted by molar-refractivity contribution is 7.12. The number of nitrogens with one attached hydrogen (secondary N) is 1. The maximum atomic E-state index is 13.5. The van der Waals surface area contributed by atoms with Crippen molar-refractivity contribution >= 4 is 35.1 Å². The molecule has 0 radical (unpaired) electrons. The summed E-state index contributed by atoms with van der Waals surface area (Å²) in [5.74, 6) is -1.21. The molecule has 1 aromatic carbocycles. The molecule has 0 aliphatic rings. The predicted molar refractivity (Wildman–Crippen MR) is 164 cm³/mol. The van der Waals surface area contributed by atoms with E-state index >= 15 is 0 Å². The molecule has 0 saturated carbocycles. The quantitative estimate of drug-likeness (QED) is 0.268. The minimum atomic E-state index is -0.714. The third-order valence-electron chi connectivity index (χ3n) is 7.21. The maximum absolute atomic E-state index is 13.5. The van der Waals surface area contributed by atoms with E-state index in [4.69, 9.17) is 9.47 Å². The molecule has 1 heterocycles. The van der Waals surface area contributed by atoms with Crippen LogP contribution in [0.4, 0.5) is 0 Å². The van der Waals surface area contributed by atoms with E-state index in [9.17, 15) is 19.2 Å². The van der Waals surface area contributed by atoms with Gasteiger partial charge in [-0.3, -0.25) is 19.2 Å². The molecule has 0 fully saturated rings. The lowest BCUT2D eigenvalue weighted by molar-refractivity contribution is -0.148. The van der Waals surface area contributed by atoms with Crippen LogP contribution in [0.1, 0.15) is 92.8 Å². The van der Waals surface area contributed by atoms with Gasteiger partial charge in [0, 0.05) is 43.8 Å². The van der Waals surface area contributed by atoms with Gasteiger partial charge in [0.15, 0.2) is 6.10 Å². The standard InChI is InChI=1S/C32H47N3O6S/c1-19(2)15-28(37)35(8)26(20(3)4)18-27(41-23(7)36)31-34-29(22(6)42-31)30(38)33-25(16-21(5)32(39)40-9)17-24-13-11-10-12-14-24/h10-14,19-21,25-27H,15-18H2,1-9H3,(H,33,38)/t21-,25+,26+,27+/m0/s1. The van der Waals surface area contributed by atoms with Gasteiger partial charge >= 0.3 is 11.9 Å². The van der Waals surface area contributed by atoms with E-state index in [1.807, 2.05) is 65.0 Å². The van der Waals surface area contributed by atoms with Gasteiger partial charge < -0.3 is 19.7 Å². The van der Waals surface area contributed by atoms with E-state index < -0.39 is 18.0 Å². The molecule has 0 spiro atoms. The maximum Gasteiger partial charge on any atom is 0.308 e. The number of methoxy groups -OCH3 is 1. The summed E-state index contributed by atoms with van der Waals surface area (Å²) >= 11 is 1.30. The van der Waals surface area contributed by atoms with E-state index in [-0.39, 0.29) is 47.4 Å². The molecule has 0 aliphatic carbocycles. The van der Waals surface area contributed by atoms with Gasteiger partial charge in [-0.15, -0.1) is 11.3 Å². The lowest BCUT2D eigenvalue weighted by Crippen LogP contribution is -2.42. The van der Waals surface area contributed by atoms with Crippen molar-refractivity contribution in [3.05, 3.63) is 51.5 Å². The Hall–Kier alpha value is -3.27. The highest BCUT2D eigenvalue weighted by Gasteiger charge is 2.32. The van der Waals surface area contributed by atoms with Gasteiger partial charge in [0.2, 0.25) is 5.91 Å². The van der Waals surface area contributed by atoms with Gasteiger partial charge in [-0.25, -0.2) is 4.98 Å². The summed E-state index contributed by atoms with van der Waals surface area (Å²) in [5, 5.41) is 3.58. The second kappa shape index (κ2) is 16.4. The Morgan fingerprint density at radius 1 is 1.02 bits per heavy atom. The van der Waals surface area contributed by atoms with Gasteiger partial charge in [0.05, 0.1) is 13.0 Å². The Balaban J connectivity index is 2.32. The topological polar surface area (TPSA) is 115 Å². The van der Waals surface area contributed by atoms with Crippen molar-refractivity contribution in [2.45, 2.75) is 92.3 Å². The molecule has 2 aromatic rings. The summed E-state index contributed by atoms with van der Waals surface area (Å²) < 4.78 is 10.6. The number of benzene rings is 1. The van der Waals surface area contributed by atoms with Crippen LogP contribution in [0.25, 0.3) is 0 Å². The molecule has 9 nitrogen and oxygen atoms in total. The highest BCUT2D eigenvalue weighted by atomic mass is 32.1. The van der Waals surface area contributed by atoms with Crippen LogP contribution in [0.2, 0.25) is 0 Å². The van der Waals surface area contributed by atoms with Crippen molar-refractivity contribution in [3.8, 4) is 0 Å². The number of hydrogen-bond donors (Lipinski definition) is 1. The largest absolute Gasteiger partial charge is 0.469 e. The SMILES string of the molecule is COC(=O)[C@@H](C)C[C@H](Cc1ccccc1)NC(=O)c1nc([C@@H](C[C@H](C(C)C)N(C)C(=O)CC(C)C)OC(C)=O)sc1C. The number of esters is 2. The van der Waals surface area contributed by atoms with Crippen LogP contribution in [0.15, 0.2) is 30.3 Å². The van der Waals surface area contributed by atoms with Crippen LogP contribution in [0.3, 0.4) is 0 Å². The summed E-state index contributed by atoms with van der Waals surface area (Å²) in [6, 6.07) is 9.21. The van der Waals surface area contributed by atoms with Crippen molar-refractivity contribution in [2.24, 2.45) is 17.8 Å². The molecule has 0 aliphatic heterocycles. The molecule has 1 N–H and O–H groups in total. The summed E-state index contributed by atoms with van der Waals surface area (Å²) in [6.07, 6.45) is 1.00. The number of nitrogens with zero attached hydrogens (tertiary/aromatic N) is 2. The van der Waals surface area contributed by atoms with Crippen LogP contribution < -0.4 is 5.32 Å². The Kier molecular flexibility index (Phi) is 13.6. The Morgan fingerprint density at radius 3 is 2.21 bits per heavy atom. The summed E-state index contributed by atoms with van der Waals surface area (Å²) in [6.45, 7) is 13.0. The molecule has 10 heteroatoms. The fourth-order valence-electron chi connectivity index (χ4n) is 5.01. The number of hydrogen-bond acceptors (Lipinski definition) is 8. The second-order valence-electron chi connectivity index (χ2n) is 11.7. The van der Waals surface area contributed by atoms with Crippen molar-refractivity contribution < 1.29 is 28.7 Å². The van der Waals surface area contributed by atoms with Gasteiger partial charge in [0.25, 0.3) is 5.91 Å². The molecule has 42 heavy (non-hydrogen) atoms. The van der Waals surface area contributed by atoms with E-state index in [1.54, 1.807) is 18.9 Å². The van der Waals surface area contributed by atoms with Crippen LogP contribution in [0, 0.1) is 24.7 Å². The molecule has 0 unspecified atom stereocenters. The van der Waals surface area contributed by atoms with E-state index in [2.05, 4.69) is 10.3 Å². The lowest BCUT2D eigenvalue weighted by Gasteiger charge is -2.34. The van der Waals surface area contributed by atoms with Gasteiger partial charge in [-0.2, -0.15) is 0 Å². The smallest absolute Gasteiger partial charge is 0.308 e. The summed E-state index contributed by atoms with van der Waals surface area (Å²) in [5.41, 5.74) is 1.28. The first-order chi connectivity index (χ1) is 19.7. The molecule has 0 saturated heterocycles. The minimum Gasteiger partial charge on any atom is -0.469 e. The molecular weight excluding hydrogens is 554 g/mol. The van der Waals surface area contributed by atoms with Gasteiger partial charge in [-0.1, -0.05) is 65.0 Å². The second-order valence-corrected chi connectivity index (χ2v) is 13.0. The average molecular weight is 602 g/mol. The minimum absolute atomic E-state index is 0.0336. The zero-order valence-corrected chi connectivity index (χ0v) is 27.2. The molecular formula is C32H47N3O6S. The Labute approximate surface area is 254 Å². The average Bonchev–Trinajstić information content (AvgIpc) is 3.31. The van der Waals surface area contributed by atoms with Crippen LogP contribution in [-0.2, 0) is 30.3 Å². The normalized spacial score (nSPS) is 14.2. The number of rotatable bonds is 15. The molecule has 1 aromatic heterocycles. The van der Waals surface area contributed by atoms with Gasteiger partial charge in [0.1, 0.15) is 10.7 Å².